The maximum Gasteiger partial charge on any atom is 0.241 e. The van der Waals surface area contributed by atoms with Gasteiger partial charge in [0.25, 0.3) is 0 Å². The zero-order chi connectivity index (χ0) is 22.9. The number of carbonyl (C=O) groups is 1. The largest absolute Gasteiger partial charge is 0.497 e. The normalized spacial score (nSPS) is 22.5. The highest BCUT2D eigenvalue weighted by molar-refractivity contribution is 7.91. The number of fused-ring (bicyclic) bond motifs is 1. The van der Waals surface area contributed by atoms with Crippen LogP contribution in [-0.4, -0.2) is 76.7 Å². The average molecular weight is 481 g/mol. The summed E-state index contributed by atoms with van der Waals surface area (Å²) < 4.78 is 41.1. The molecule has 2 aromatic carbocycles. The number of sulfone groups is 1. The summed E-state index contributed by atoms with van der Waals surface area (Å²) in [7, 11) is -0.174. The molecule has 2 heterocycles. The summed E-state index contributed by atoms with van der Waals surface area (Å²) in [4.78, 5) is 16.6. The van der Waals surface area contributed by atoms with E-state index in [9.17, 15) is 13.2 Å². The molecule has 0 spiro atoms. The van der Waals surface area contributed by atoms with E-state index >= 15 is 0 Å². The molecule has 172 valence electrons. The summed E-state index contributed by atoms with van der Waals surface area (Å²) in [5, 5.41) is 0.366. The molecule has 0 unspecified atom stereocenters. The van der Waals surface area contributed by atoms with Crippen LogP contribution in [0.1, 0.15) is 0 Å². The Bertz CT molecular complexity index is 1090. The van der Waals surface area contributed by atoms with Gasteiger partial charge in [-0.15, -0.1) is 0 Å². The lowest BCUT2D eigenvalue weighted by Gasteiger charge is -2.43. The Balaban J connectivity index is 1.49. The molecule has 0 radical (unpaired) electrons. The summed E-state index contributed by atoms with van der Waals surface area (Å²) in [5.41, 5.74) is 0.571. The molecule has 8 nitrogen and oxygen atoms in total. The molecular weight excluding hydrogens is 456 g/mol. The van der Waals surface area contributed by atoms with Crippen LogP contribution < -0.4 is 19.1 Å². The van der Waals surface area contributed by atoms with Crippen molar-refractivity contribution in [2.75, 3.05) is 50.3 Å². The first-order chi connectivity index (χ1) is 15.3. The number of rotatable bonds is 7. The van der Waals surface area contributed by atoms with Crippen LogP contribution in [0.3, 0.4) is 0 Å². The average Bonchev–Trinajstić information content (AvgIpc) is 3.09. The molecule has 10 heteroatoms. The lowest BCUT2D eigenvalue weighted by atomic mass is 10.0. The van der Waals surface area contributed by atoms with Gasteiger partial charge in [0, 0.05) is 18.3 Å². The molecule has 2 atom stereocenters. The van der Waals surface area contributed by atoms with Crippen molar-refractivity contribution in [3.63, 3.8) is 0 Å². The number of amides is 1. The molecule has 0 saturated carbocycles. The number of anilines is 1. The molecule has 32 heavy (non-hydrogen) atoms. The molecule has 0 aromatic heterocycles. The van der Waals surface area contributed by atoms with E-state index < -0.39 is 15.9 Å². The van der Waals surface area contributed by atoms with Gasteiger partial charge in [-0.1, -0.05) is 11.6 Å². The Labute approximate surface area is 192 Å². The van der Waals surface area contributed by atoms with Crippen molar-refractivity contribution in [1.82, 2.24) is 4.90 Å². The fourth-order valence-electron chi connectivity index (χ4n) is 4.30. The monoisotopic (exact) mass is 480 g/mol. The number of hydrogen-bond donors (Lipinski definition) is 0. The van der Waals surface area contributed by atoms with Gasteiger partial charge >= 0.3 is 0 Å². The van der Waals surface area contributed by atoms with Gasteiger partial charge in [0.2, 0.25) is 5.91 Å². The van der Waals surface area contributed by atoms with Crippen LogP contribution in [0.25, 0.3) is 0 Å². The first-order valence-corrected chi connectivity index (χ1v) is 12.4. The highest BCUT2D eigenvalue weighted by Crippen LogP contribution is 2.35. The third-order valence-corrected chi connectivity index (χ3v) is 7.82. The number of ether oxygens (including phenoxy) is 3. The number of piperazine rings is 1. The zero-order valence-electron chi connectivity index (χ0n) is 17.9. The van der Waals surface area contributed by atoms with Crippen LogP contribution in [-0.2, 0) is 14.6 Å². The van der Waals surface area contributed by atoms with E-state index in [1.807, 2.05) is 4.90 Å². The molecule has 0 bridgehead atoms. The second kappa shape index (κ2) is 9.17. The molecular formula is C22H25ClN2O6S. The van der Waals surface area contributed by atoms with Gasteiger partial charge in [0.1, 0.15) is 23.9 Å². The standard InChI is InChI=1S/C22H25ClN2O6S/c1-29-16-4-6-17(7-5-16)31-10-9-24-12-22(26)25(20-14-32(27,28)13-19(20)24)15-3-8-21(30-2)18(23)11-15/h3-8,11,19-20H,9-10,12-14H2,1-2H3/t19-,20-/m1/s1. The number of carbonyl (C=O) groups excluding carboxylic acids is 1. The van der Waals surface area contributed by atoms with Crippen LogP contribution in [0.15, 0.2) is 42.5 Å². The fraction of sp³-hybridized carbons (Fsp3) is 0.409. The topological polar surface area (TPSA) is 85.4 Å². The molecule has 0 aliphatic carbocycles. The van der Waals surface area contributed by atoms with Gasteiger partial charge in [-0.05, 0) is 42.5 Å². The Morgan fingerprint density at radius 1 is 1.00 bits per heavy atom. The van der Waals surface area contributed by atoms with E-state index in [-0.39, 0.29) is 30.0 Å². The minimum absolute atomic E-state index is 0.00781. The van der Waals surface area contributed by atoms with Crippen molar-refractivity contribution in [2.24, 2.45) is 0 Å². The number of halogens is 1. The highest BCUT2D eigenvalue weighted by Gasteiger charge is 2.49. The maximum absolute atomic E-state index is 13.1. The summed E-state index contributed by atoms with van der Waals surface area (Å²) in [5.74, 6) is 1.66. The molecule has 2 saturated heterocycles. The zero-order valence-corrected chi connectivity index (χ0v) is 19.4. The molecule has 2 aromatic rings. The van der Waals surface area contributed by atoms with E-state index in [0.29, 0.717) is 35.4 Å². The van der Waals surface area contributed by atoms with Crippen LogP contribution >= 0.6 is 11.6 Å². The van der Waals surface area contributed by atoms with E-state index in [1.165, 1.54) is 7.11 Å². The first-order valence-electron chi connectivity index (χ1n) is 10.2. The van der Waals surface area contributed by atoms with Gasteiger partial charge in [0.15, 0.2) is 9.84 Å². The predicted molar refractivity (Wildman–Crippen MR) is 122 cm³/mol. The minimum Gasteiger partial charge on any atom is -0.497 e. The Morgan fingerprint density at radius 3 is 2.34 bits per heavy atom. The molecule has 0 N–H and O–H groups in total. The third-order valence-electron chi connectivity index (χ3n) is 5.82. The Morgan fingerprint density at radius 2 is 1.69 bits per heavy atom. The quantitative estimate of drug-likeness (QED) is 0.600. The summed E-state index contributed by atoms with van der Waals surface area (Å²) in [6, 6.07) is 11.5. The van der Waals surface area contributed by atoms with Gasteiger partial charge in [-0.2, -0.15) is 0 Å². The number of nitrogens with zero attached hydrogens (tertiary/aromatic N) is 2. The second-order valence-corrected chi connectivity index (χ2v) is 10.3. The van der Waals surface area contributed by atoms with Crippen LogP contribution in [0.4, 0.5) is 5.69 Å². The summed E-state index contributed by atoms with van der Waals surface area (Å²) >= 11 is 6.25. The fourth-order valence-corrected chi connectivity index (χ4v) is 6.53. The summed E-state index contributed by atoms with van der Waals surface area (Å²) in [6.07, 6.45) is 0. The van der Waals surface area contributed by atoms with Crippen molar-refractivity contribution in [3.8, 4) is 17.2 Å². The van der Waals surface area contributed by atoms with E-state index in [4.69, 9.17) is 25.8 Å². The smallest absolute Gasteiger partial charge is 0.241 e. The van der Waals surface area contributed by atoms with Gasteiger partial charge in [-0.3, -0.25) is 9.69 Å². The SMILES string of the molecule is COc1ccc(OCCN2CC(=O)N(c3ccc(OC)c(Cl)c3)[C@@H]3CS(=O)(=O)C[C@H]32)cc1. The van der Waals surface area contributed by atoms with Crippen molar-refractivity contribution in [3.05, 3.63) is 47.5 Å². The van der Waals surface area contributed by atoms with Crippen LogP contribution in [0, 0.1) is 0 Å². The third kappa shape index (κ3) is 4.65. The maximum atomic E-state index is 13.1. The van der Waals surface area contributed by atoms with Crippen molar-refractivity contribution in [2.45, 2.75) is 12.1 Å². The van der Waals surface area contributed by atoms with E-state index in [1.54, 1.807) is 54.5 Å². The molecule has 1 amide bonds. The van der Waals surface area contributed by atoms with Crippen molar-refractivity contribution in [1.29, 1.82) is 0 Å². The lowest BCUT2D eigenvalue weighted by Crippen LogP contribution is -2.62. The predicted octanol–water partition coefficient (Wildman–Crippen LogP) is 2.25. The Hall–Kier alpha value is -2.49. The molecule has 2 aliphatic rings. The first kappa shape index (κ1) is 22.7. The van der Waals surface area contributed by atoms with Gasteiger partial charge in [0.05, 0.1) is 43.3 Å². The molecule has 4 rings (SSSR count). The number of benzene rings is 2. The Kier molecular flexibility index (Phi) is 6.50. The molecule has 2 fully saturated rings. The second-order valence-electron chi connectivity index (χ2n) is 7.79. The summed E-state index contributed by atoms with van der Waals surface area (Å²) in [6.45, 7) is 0.870. The minimum atomic E-state index is -3.28. The van der Waals surface area contributed by atoms with Crippen molar-refractivity contribution >= 4 is 33.0 Å². The lowest BCUT2D eigenvalue weighted by molar-refractivity contribution is -0.123. The number of methoxy groups -OCH3 is 2. The van der Waals surface area contributed by atoms with Crippen LogP contribution in [0.5, 0.6) is 17.2 Å². The van der Waals surface area contributed by atoms with Gasteiger partial charge < -0.3 is 19.1 Å². The highest BCUT2D eigenvalue weighted by atomic mass is 35.5. The van der Waals surface area contributed by atoms with Gasteiger partial charge in [-0.25, -0.2) is 8.42 Å². The van der Waals surface area contributed by atoms with Crippen molar-refractivity contribution < 1.29 is 27.4 Å². The van der Waals surface area contributed by atoms with E-state index in [0.717, 1.165) is 5.75 Å². The van der Waals surface area contributed by atoms with E-state index in [2.05, 4.69) is 0 Å². The van der Waals surface area contributed by atoms with Crippen LogP contribution in [0.2, 0.25) is 5.02 Å². The number of hydrogen-bond acceptors (Lipinski definition) is 7. The molecule has 2 aliphatic heterocycles.